The van der Waals surface area contributed by atoms with Crippen LogP contribution in [0.3, 0.4) is 0 Å². The van der Waals surface area contributed by atoms with Gasteiger partial charge in [-0.3, -0.25) is 0 Å². The second-order valence-electron chi connectivity index (χ2n) is 3.87. The summed E-state index contributed by atoms with van der Waals surface area (Å²) in [5.41, 5.74) is 3.91. The minimum absolute atomic E-state index is 1.01. The van der Waals surface area contributed by atoms with Crippen molar-refractivity contribution in [3.05, 3.63) is 28.8 Å². The minimum Gasteiger partial charge on any atom is -0.496 e. The second kappa shape index (κ2) is 5.76. The van der Waals surface area contributed by atoms with Crippen LogP contribution in [0.5, 0.6) is 5.75 Å². The Morgan fingerprint density at radius 2 is 2.00 bits per heavy atom. The van der Waals surface area contributed by atoms with Crippen LogP contribution in [-0.2, 0) is 6.42 Å². The van der Waals surface area contributed by atoms with Crippen molar-refractivity contribution in [1.82, 2.24) is 5.32 Å². The summed E-state index contributed by atoms with van der Waals surface area (Å²) in [5.74, 6) is 1.02. The predicted octanol–water partition coefficient (Wildman–Crippen LogP) is 2.46. The number of rotatable bonds is 5. The first kappa shape index (κ1) is 12.1. The van der Waals surface area contributed by atoms with Crippen LogP contribution in [0.25, 0.3) is 0 Å². The topological polar surface area (TPSA) is 21.3 Å². The molecule has 0 atom stereocenters. The van der Waals surface area contributed by atoms with E-state index in [9.17, 15) is 0 Å². The molecule has 1 N–H and O–H groups in total. The summed E-state index contributed by atoms with van der Waals surface area (Å²) < 4.78 is 5.41. The molecule has 0 heterocycles. The third-order valence-corrected chi connectivity index (χ3v) is 2.60. The largest absolute Gasteiger partial charge is 0.496 e. The van der Waals surface area contributed by atoms with Gasteiger partial charge in [0.05, 0.1) is 7.11 Å². The highest BCUT2D eigenvalue weighted by molar-refractivity contribution is 5.43. The van der Waals surface area contributed by atoms with E-state index in [4.69, 9.17) is 4.74 Å². The van der Waals surface area contributed by atoms with Gasteiger partial charge in [0.25, 0.3) is 0 Å². The Bertz CT molecular complexity index is 321. The molecule has 2 heteroatoms. The summed E-state index contributed by atoms with van der Waals surface area (Å²) >= 11 is 0. The van der Waals surface area contributed by atoms with Gasteiger partial charge in [0.2, 0.25) is 0 Å². The molecule has 2 nitrogen and oxygen atoms in total. The van der Waals surface area contributed by atoms with Gasteiger partial charge in [-0.05, 0) is 56.1 Å². The van der Waals surface area contributed by atoms with Crippen LogP contribution in [0.1, 0.15) is 23.6 Å². The molecule has 15 heavy (non-hydrogen) atoms. The van der Waals surface area contributed by atoms with Gasteiger partial charge in [0, 0.05) is 0 Å². The minimum atomic E-state index is 1.01. The molecular formula is C13H21NO. The lowest BCUT2D eigenvalue weighted by Gasteiger charge is -2.13. The third-order valence-electron chi connectivity index (χ3n) is 2.60. The summed E-state index contributed by atoms with van der Waals surface area (Å²) in [6.07, 6.45) is 1.03. The van der Waals surface area contributed by atoms with Gasteiger partial charge >= 0.3 is 0 Å². The Morgan fingerprint density at radius 1 is 1.27 bits per heavy atom. The van der Waals surface area contributed by atoms with Gasteiger partial charge in [-0.25, -0.2) is 0 Å². The normalized spacial score (nSPS) is 10.4. The Labute approximate surface area is 92.6 Å². The van der Waals surface area contributed by atoms with E-state index in [0.717, 1.165) is 25.3 Å². The van der Waals surface area contributed by atoms with E-state index >= 15 is 0 Å². The van der Waals surface area contributed by atoms with Crippen LogP contribution in [0.2, 0.25) is 0 Å². The SMILES string of the molecule is CCNCCc1c(C)cc(C)cc1OC. The standard InChI is InChI=1S/C13H21NO/c1-5-14-7-6-12-11(3)8-10(2)9-13(12)15-4/h8-9,14H,5-7H2,1-4H3. The lowest BCUT2D eigenvalue weighted by molar-refractivity contribution is 0.408. The highest BCUT2D eigenvalue weighted by atomic mass is 16.5. The second-order valence-corrected chi connectivity index (χ2v) is 3.87. The Kier molecular flexibility index (Phi) is 4.63. The maximum Gasteiger partial charge on any atom is 0.122 e. The van der Waals surface area contributed by atoms with Crippen molar-refractivity contribution in [2.75, 3.05) is 20.2 Å². The van der Waals surface area contributed by atoms with Crippen LogP contribution >= 0.6 is 0 Å². The number of ether oxygens (including phenoxy) is 1. The average Bonchev–Trinajstić information content (AvgIpc) is 2.20. The first-order valence-corrected chi connectivity index (χ1v) is 5.53. The van der Waals surface area contributed by atoms with Crippen molar-refractivity contribution >= 4 is 0 Å². The predicted molar refractivity (Wildman–Crippen MR) is 64.7 cm³/mol. The molecule has 0 aliphatic rings. The van der Waals surface area contributed by atoms with E-state index in [-0.39, 0.29) is 0 Å². The number of methoxy groups -OCH3 is 1. The molecule has 0 radical (unpaired) electrons. The lowest BCUT2D eigenvalue weighted by atomic mass is 10.0. The van der Waals surface area contributed by atoms with Crippen molar-refractivity contribution in [3.8, 4) is 5.75 Å². The molecule has 0 amide bonds. The Hall–Kier alpha value is -1.02. The fraction of sp³-hybridized carbons (Fsp3) is 0.538. The third kappa shape index (κ3) is 3.24. The van der Waals surface area contributed by atoms with E-state index in [1.54, 1.807) is 7.11 Å². The van der Waals surface area contributed by atoms with Crippen LogP contribution in [0.4, 0.5) is 0 Å². The zero-order valence-electron chi connectivity index (χ0n) is 10.2. The van der Waals surface area contributed by atoms with E-state index in [2.05, 4.69) is 38.2 Å². The number of nitrogens with one attached hydrogen (secondary N) is 1. The number of benzene rings is 1. The van der Waals surface area contributed by atoms with Crippen LogP contribution in [0, 0.1) is 13.8 Å². The molecule has 0 aliphatic heterocycles. The Morgan fingerprint density at radius 3 is 2.60 bits per heavy atom. The quantitative estimate of drug-likeness (QED) is 0.749. The van der Waals surface area contributed by atoms with E-state index < -0.39 is 0 Å². The number of hydrogen-bond donors (Lipinski definition) is 1. The number of aryl methyl sites for hydroxylation is 2. The van der Waals surface area contributed by atoms with Crippen molar-refractivity contribution in [2.24, 2.45) is 0 Å². The molecule has 0 unspecified atom stereocenters. The molecule has 0 bridgehead atoms. The molecule has 1 aromatic carbocycles. The Balaban J connectivity index is 2.84. The van der Waals surface area contributed by atoms with Gasteiger partial charge in [-0.15, -0.1) is 0 Å². The fourth-order valence-corrected chi connectivity index (χ4v) is 1.85. The van der Waals surface area contributed by atoms with E-state index in [1.165, 1.54) is 16.7 Å². The maximum absolute atomic E-state index is 5.41. The van der Waals surface area contributed by atoms with Crippen molar-refractivity contribution in [2.45, 2.75) is 27.2 Å². The zero-order chi connectivity index (χ0) is 11.3. The summed E-state index contributed by atoms with van der Waals surface area (Å²) in [7, 11) is 1.74. The molecule has 0 spiro atoms. The molecule has 0 aliphatic carbocycles. The van der Waals surface area contributed by atoms with E-state index in [1.807, 2.05) is 0 Å². The molecular weight excluding hydrogens is 186 g/mol. The highest BCUT2D eigenvalue weighted by Crippen LogP contribution is 2.24. The first-order chi connectivity index (χ1) is 7.19. The van der Waals surface area contributed by atoms with Gasteiger partial charge in [0.1, 0.15) is 5.75 Å². The van der Waals surface area contributed by atoms with Crippen LogP contribution in [0.15, 0.2) is 12.1 Å². The monoisotopic (exact) mass is 207 g/mol. The van der Waals surface area contributed by atoms with E-state index in [0.29, 0.717) is 0 Å². The lowest BCUT2D eigenvalue weighted by Crippen LogP contribution is -2.17. The summed E-state index contributed by atoms with van der Waals surface area (Å²) in [4.78, 5) is 0. The van der Waals surface area contributed by atoms with Crippen LogP contribution in [-0.4, -0.2) is 20.2 Å². The molecule has 0 saturated carbocycles. The highest BCUT2D eigenvalue weighted by Gasteiger charge is 2.06. The van der Waals surface area contributed by atoms with Crippen LogP contribution < -0.4 is 10.1 Å². The number of likely N-dealkylation sites (N-methyl/N-ethyl adjacent to an activating group) is 1. The summed E-state index contributed by atoms with van der Waals surface area (Å²) in [5, 5.41) is 3.33. The molecule has 84 valence electrons. The van der Waals surface area contributed by atoms with Crippen molar-refractivity contribution < 1.29 is 4.74 Å². The number of hydrogen-bond acceptors (Lipinski definition) is 2. The van der Waals surface area contributed by atoms with Gasteiger partial charge in [-0.2, -0.15) is 0 Å². The fourth-order valence-electron chi connectivity index (χ4n) is 1.85. The maximum atomic E-state index is 5.41. The van der Waals surface area contributed by atoms with Gasteiger partial charge < -0.3 is 10.1 Å². The van der Waals surface area contributed by atoms with Crippen molar-refractivity contribution in [3.63, 3.8) is 0 Å². The van der Waals surface area contributed by atoms with Gasteiger partial charge in [0.15, 0.2) is 0 Å². The molecule has 0 saturated heterocycles. The summed E-state index contributed by atoms with van der Waals surface area (Å²) in [6, 6.07) is 4.32. The molecule has 1 rings (SSSR count). The zero-order valence-corrected chi connectivity index (χ0v) is 10.2. The molecule has 0 aromatic heterocycles. The molecule has 0 fully saturated rings. The van der Waals surface area contributed by atoms with Crippen molar-refractivity contribution in [1.29, 1.82) is 0 Å². The van der Waals surface area contributed by atoms with Gasteiger partial charge in [-0.1, -0.05) is 13.0 Å². The molecule has 1 aromatic rings. The summed E-state index contributed by atoms with van der Waals surface area (Å²) in [6.45, 7) is 8.41. The average molecular weight is 207 g/mol. The first-order valence-electron chi connectivity index (χ1n) is 5.53. The smallest absolute Gasteiger partial charge is 0.122 e.